The Kier molecular flexibility index (Phi) is 5.07. The topological polar surface area (TPSA) is 83.7 Å². The van der Waals surface area contributed by atoms with Gasteiger partial charge in [0.1, 0.15) is 17.4 Å². The number of aliphatic carboxylic acids is 1. The number of imidazole rings is 1. The molecule has 0 aliphatic carbocycles. The highest BCUT2D eigenvalue weighted by molar-refractivity contribution is 7.98. The number of carbonyl (C=O) groups excluding carboxylic acids is 1. The van der Waals surface area contributed by atoms with Crippen LogP contribution in [-0.2, 0) is 4.79 Å². The largest absolute Gasteiger partial charge is 0.480 e. The lowest BCUT2D eigenvalue weighted by Crippen LogP contribution is -2.41. The zero-order chi connectivity index (χ0) is 16.3. The van der Waals surface area contributed by atoms with E-state index in [2.05, 4.69) is 10.3 Å². The summed E-state index contributed by atoms with van der Waals surface area (Å²) in [6.07, 6.45) is 4.06. The maximum absolute atomic E-state index is 12.5. The van der Waals surface area contributed by atoms with Gasteiger partial charge in [0.15, 0.2) is 0 Å². The molecule has 0 aromatic carbocycles. The highest BCUT2D eigenvalue weighted by Crippen LogP contribution is 2.14. The molecule has 2 N–H and O–H groups in total. The van der Waals surface area contributed by atoms with Crippen molar-refractivity contribution in [3.05, 3.63) is 35.3 Å². The first kappa shape index (κ1) is 16.4. The molecule has 2 rings (SSSR count). The molecular formula is C15H19N3O3S. The highest BCUT2D eigenvalue weighted by Gasteiger charge is 2.23. The zero-order valence-corrected chi connectivity index (χ0v) is 13.6. The summed E-state index contributed by atoms with van der Waals surface area (Å²) in [7, 11) is 0. The molecule has 0 saturated carbocycles. The van der Waals surface area contributed by atoms with Crippen molar-refractivity contribution in [2.24, 2.45) is 0 Å². The third-order valence-electron chi connectivity index (χ3n) is 3.39. The Bertz CT molecular complexity index is 711. The molecule has 1 unspecified atom stereocenters. The molecule has 118 valence electrons. The maximum atomic E-state index is 12.5. The number of aryl methyl sites for hydroxylation is 2. The number of fused-ring (bicyclic) bond motifs is 1. The third-order valence-corrected chi connectivity index (χ3v) is 4.03. The summed E-state index contributed by atoms with van der Waals surface area (Å²) in [5.74, 6) is -0.769. The Morgan fingerprint density at radius 3 is 2.82 bits per heavy atom. The highest BCUT2D eigenvalue weighted by atomic mass is 32.2. The van der Waals surface area contributed by atoms with Crippen molar-refractivity contribution in [3.8, 4) is 0 Å². The average Bonchev–Trinajstić information content (AvgIpc) is 2.77. The summed E-state index contributed by atoms with van der Waals surface area (Å²) >= 11 is 1.55. The van der Waals surface area contributed by atoms with Crippen LogP contribution in [0.2, 0.25) is 0 Å². The third kappa shape index (κ3) is 3.41. The van der Waals surface area contributed by atoms with Crippen LogP contribution < -0.4 is 5.32 Å². The molecule has 0 radical (unpaired) electrons. The molecule has 0 fully saturated rings. The Labute approximate surface area is 132 Å². The van der Waals surface area contributed by atoms with Gasteiger partial charge in [0.2, 0.25) is 0 Å². The molecule has 1 amide bonds. The summed E-state index contributed by atoms with van der Waals surface area (Å²) in [4.78, 5) is 28.1. The molecule has 6 nitrogen and oxygen atoms in total. The minimum atomic E-state index is -1.02. The minimum Gasteiger partial charge on any atom is -0.480 e. The number of nitrogens with zero attached hydrogens (tertiary/aromatic N) is 2. The fourth-order valence-electron chi connectivity index (χ4n) is 2.26. The Hall–Kier alpha value is -2.02. The van der Waals surface area contributed by atoms with Gasteiger partial charge in [-0.25, -0.2) is 9.78 Å². The second-order valence-corrected chi connectivity index (χ2v) is 6.11. The van der Waals surface area contributed by atoms with E-state index in [1.54, 1.807) is 29.3 Å². The van der Waals surface area contributed by atoms with Crippen LogP contribution in [0.15, 0.2) is 18.3 Å². The van der Waals surface area contributed by atoms with E-state index < -0.39 is 17.9 Å². The normalized spacial score (nSPS) is 12.3. The van der Waals surface area contributed by atoms with E-state index in [9.17, 15) is 14.7 Å². The van der Waals surface area contributed by atoms with E-state index in [1.807, 2.05) is 25.3 Å². The van der Waals surface area contributed by atoms with Crippen molar-refractivity contribution in [3.63, 3.8) is 0 Å². The number of rotatable bonds is 6. The number of aromatic nitrogens is 2. The number of carboxylic acid groups (broad SMARTS) is 1. The van der Waals surface area contributed by atoms with E-state index >= 15 is 0 Å². The summed E-state index contributed by atoms with van der Waals surface area (Å²) in [5.41, 5.74) is 2.69. The fraction of sp³-hybridized carbons (Fsp3) is 0.400. The van der Waals surface area contributed by atoms with Gasteiger partial charge in [0, 0.05) is 6.20 Å². The molecule has 0 spiro atoms. The number of thioether (sulfide) groups is 1. The molecule has 0 aliphatic rings. The second-order valence-electron chi connectivity index (χ2n) is 5.12. The van der Waals surface area contributed by atoms with Crippen molar-refractivity contribution in [2.75, 3.05) is 12.0 Å². The van der Waals surface area contributed by atoms with Crippen LogP contribution in [0.4, 0.5) is 0 Å². The zero-order valence-electron chi connectivity index (χ0n) is 12.8. The SMILES string of the molecule is CSCCC(NC(=O)c1c(C)nc2cc(C)ccn12)C(=O)O. The predicted molar refractivity (Wildman–Crippen MR) is 86.6 cm³/mol. The number of carboxylic acids is 1. The molecular weight excluding hydrogens is 302 g/mol. The molecule has 2 aromatic heterocycles. The lowest BCUT2D eigenvalue weighted by atomic mass is 10.2. The van der Waals surface area contributed by atoms with Crippen LogP contribution in [0.1, 0.15) is 28.2 Å². The van der Waals surface area contributed by atoms with Crippen LogP contribution in [0.25, 0.3) is 5.65 Å². The number of hydrogen-bond donors (Lipinski definition) is 2. The van der Waals surface area contributed by atoms with E-state index in [-0.39, 0.29) is 0 Å². The number of carbonyl (C=O) groups is 2. The van der Waals surface area contributed by atoms with Gasteiger partial charge < -0.3 is 10.4 Å². The van der Waals surface area contributed by atoms with E-state index in [0.717, 1.165) is 5.56 Å². The molecule has 22 heavy (non-hydrogen) atoms. The van der Waals surface area contributed by atoms with Gasteiger partial charge in [0.25, 0.3) is 5.91 Å². The van der Waals surface area contributed by atoms with Crippen molar-refractivity contribution >= 4 is 29.3 Å². The maximum Gasteiger partial charge on any atom is 0.326 e. The van der Waals surface area contributed by atoms with E-state index in [4.69, 9.17) is 0 Å². The monoisotopic (exact) mass is 321 g/mol. The van der Waals surface area contributed by atoms with Gasteiger partial charge in [-0.15, -0.1) is 0 Å². The number of amides is 1. The predicted octanol–water partition coefficient (Wildman–Crippen LogP) is 1.89. The quantitative estimate of drug-likeness (QED) is 0.849. The summed E-state index contributed by atoms with van der Waals surface area (Å²) in [6, 6.07) is 2.87. The average molecular weight is 321 g/mol. The van der Waals surface area contributed by atoms with Crippen LogP contribution >= 0.6 is 11.8 Å². The fourth-order valence-corrected chi connectivity index (χ4v) is 2.73. The lowest BCUT2D eigenvalue weighted by molar-refractivity contribution is -0.139. The molecule has 1 atom stereocenters. The smallest absolute Gasteiger partial charge is 0.326 e. The Morgan fingerprint density at radius 1 is 1.45 bits per heavy atom. The first-order chi connectivity index (χ1) is 10.4. The van der Waals surface area contributed by atoms with Crippen molar-refractivity contribution in [2.45, 2.75) is 26.3 Å². The van der Waals surface area contributed by atoms with E-state index in [0.29, 0.717) is 29.2 Å². The van der Waals surface area contributed by atoms with E-state index in [1.165, 1.54) is 0 Å². The van der Waals surface area contributed by atoms with Crippen LogP contribution in [0.5, 0.6) is 0 Å². The Morgan fingerprint density at radius 2 is 2.18 bits per heavy atom. The van der Waals surface area contributed by atoms with Gasteiger partial charge in [-0.05, 0) is 50.0 Å². The lowest BCUT2D eigenvalue weighted by Gasteiger charge is -2.14. The van der Waals surface area contributed by atoms with Gasteiger partial charge >= 0.3 is 5.97 Å². The van der Waals surface area contributed by atoms with Gasteiger partial charge in [-0.1, -0.05) is 0 Å². The molecule has 2 aromatic rings. The number of nitrogens with one attached hydrogen (secondary N) is 1. The van der Waals surface area contributed by atoms with Crippen LogP contribution in [-0.4, -0.2) is 44.4 Å². The summed E-state index contributed by atoms with van der Waals surface area (Å²) in [6.45, 7) is 3.70. The minimum absolute atomic E-state index is 0.380. The molecule has 2 heterocycles. The summed E-state index contributed by atoms with van der Waals surface area (Å²) < 4.78 is 1.69. The second kappa shape index (κ2) is 6.83. The van der Waals surface area contributed by atoms with Crippen molar-refractivity contribution < 1.29 is 14.7 Å². The van der Waals surface area contributed by atoms with Gasteiger partial charge in [-0.2, -0.15) is 11.8 Å². The summed E-state index contributed by atoms with van der Waals surface area (Å²) in [5, 5.41) is 11.8. The standard InChI is InChI=1S/C15H19N3O3S/c1-9-4-6-18-12(8-9)16-10(2)13(18)14(19)17-11(15(20)21)5-7-22-3/h4,6,8,11H,5,7H2,1-3H3,(H,17,19)(H,20,21). The first-order valence-electron chi connectivity index (χ1n) is 6.92. The van der Waals surface area contributed by atoms with Crippen molar-refractivity contribution in [1.82, 2.24) is 14.7 Å². The van der Waals surface area contributed by atoms with Crippen molar-refractivity contribution in [1.29, 1.82) is 0 Å². The Balaban J connectivity index is 2.29. The molecule has 0 aliphatic heterocycles. The van der Waals surface area contributed by atoms with Crippen LogP contribution in [0, 0.1) is 13.8 Å². The molecule has 7 heteroatoms. The van der Waals surface area contributed by atoms with Crippen LogP contribution in [0.3, 0.4) is 0 Å². The number of pyridine rings is 1. The van der Waals surface area contributed by atoms with Gasteiger partial charge in [-0.3, -0.25) is 9.20 Å². The first-order valence-corrected chi connectivity index (χ1v) is 8.31. The molecule has 0 saturated heterocycles. The van der Waals surface area contributed by atoms with Gasteiger partial charge in [0.05, 0.1) is 5.69 Å². The number of hydrogen-bond acceptors (Lipinski definition) is 4. The molecule has 0 bridgehead atoms.